The molecule has 2 rings (SSSR count). The summed E-state index contributed by atoms with van der Waals surface area (Å²) in [6.45, 7) is 0.392. The molecule has 2 aromatic rings. The first kappa shape index (κ1) is 9.65. The summed E-state index contributed by atoms with van der Waals surface area (Å²) in [7, 11) is 1.69. The van der Waals surface area contributed by atoms with E-state index in [9.17, 15) is 0 Å². The van der Waals surface area contributed by atoms with Crippen molar-refractivity contribution in [1.82, 2.24) is 35.0 Å². The predicted molar refractivity (Wildman–Crippen MR) is 53.8 cm³/mol. The molecule has 2 aromatic heterocycles. The summed E-state index contributed by atoms with van der Waals surface area (Å²) in [5.41, 5.74) is 5.37. The fraction of sp³-hybridized carbons (Fsp3) is 0.333. The minimum absolute atomic E-state index is 0.167. The Morgan fingerprint density at radius 1 is 1.53 bits per heavy atom. The van der Waals surface area contributed by atoms with Crippen LogP contribution in [0.1, 0.15) is 11.6 Å². The fourth-order valence-electron chi connectivity index (χ4n) is 1.02. The molecule has 0 spiro atoms. The van der Waals surface area contributed by atoms with Crippen LogP contribution >= 0.6 is 12.2 Å². The molecule has 0 amide bonds. The molecular formula is C6H8N8S. The van der Waals surface area contributed by atoms with Crippen molar-refractivity contribution in [2.75, 3.05) is 0 Å². The van der Waals surface area contributed by atoms with Crippen molar-refractivity contribution in [3.05, 3.63) is 18.0 Å². The largest absolute Gasteiger partial charge is 0.387 e. The van der Waals surface area contributed by atoms with E-state index < -0.39 is 0 Å². The highest BCUT2D eigenvalue weighted by Crippen LogP contribution is 1.93. The average Bonchev–Trinajstić information content (AvgIpc) is 2.76. The lowest BCUT2D eigenvalue weighted by atomic mass is 10.6. The number of nitrogens with two attached hydrogens (primary N) is 1. The number of nitrogens with zero attached hydrogens (tertiary/aromatic N) is 7. The third-order valence-corrected chi connectivity index (χ3v) is 1.79. The van der Waals surface area contributed by atoms with Crippen LogP contribution in [0.4, 0.5) is 0 Å². The van der Waals surface area contributed by atoms with Gasteiger partial charge in [-0.25, -0.2) is 9.67 Å². The Balaban J connectivity index is 2.14. The van der Waals surface area contributed by atoms with Gasteiger partial charge in [-0.15, -0.1) is 15.3 Å². The highest BCUT2D eigenvalue weighted by atomic mass is 32.1. The zero-order chi connectivity index (χ0) is 10.8. The number of tetrazole rings is 1. The van der Waals surface area contributed by atoms with E-state index in [1.807, 2.05) is 0 Å². The van der Waals surface area contributed by atoms with E-state index in [1.54, 1.807) is 11.7 Å². The molecule has 9 heteroatoms. The molecule has 0 saturated heterocycles. The molecule has 0 aliphatic heterocycles. The smallest absolute Gasteiger partial charge is 0.208 e. The van der Waals surface area contributed by atoms with E-state index >= 15 is 0 Å². The van der Waals surface area contributed by atoms with Gasteiger partial charge in [-0.3, -0.25) is 0 Å². The van der Waals surface area contributed by atoms with Gasteiger partial charge in [0.25, 0.3) is 0 Å². The van der Waals surface area contributed by atoms with Crippen LogP contribution in [0.3, 0.4) is 0 Å². The number of thiocarbonyl (C=S) groups is 1. The van der Waals surface area contributed by atoms with Crippen LogP contribution < -0.4 is 5.73 Å². The molecule has 0 saturated carbocycles. The number of aryl methyl sites for hydroxylation is 1. The summed E-state index contributed by atoms with van der Waals surface area (Å²) in [5, 5.41) is 15.6. The number of aromatic nitrogens is 7. The fourth-order valence-corrected chi connectivity index (χ4v) is 1.11. The van der Waals surface area contributed by atoms with Crippen molar-refractivity contribution in [1.29, 1.82) is 0 Å². The van der Waals surface area contributed by atoms with Crippen LogP contribution in [0.25, 0.3) is 0 Å². The second-order valence-electron chi connectivity index (χ2n) is 2.83. The molecule has 0 unspecified atom stereocenters. The van der Waals surface area contributed by atoms with Gasteiger partial charge < -0.3 is 5.73 Å². The topological polar surface area (TPSA) is 100 Å². The Labute approximate surface area is 90.1 Å². The van der Waals surface area contributed by atoms with Crippen LogP contribution in [0.2, 0.25) is 0 Å². The molecule has 8 nitrogen and oxygen atoms in total. The van der Waals surface area contributed by atoms with Gasteiger partial charge in [0.15, 0.2) is 5.82 Å². The van der Waals surface area contributed by atoms with Crippen LogP contribution in [0.15, 0.2) is 6.33 Å². The lowest BCUT2D eigenvalue weighted by Gasteiger charge is -1.93. The van der Waals surface area contributed by atoms with E-state index in [4.69, 9.17) is 18.0 Å². The molecular weight excluding hydrogens is 216 g/mol. The Kier molecular flexibility index (Phi) is 2.37. The van der Waals surface area contributed by atoms with Crippen molar-refractivity contribution < 1.29 is 0 Å². The summed E-state index contributed by atoms with van der Waals surface area (Å²) < 4.78 is 1.55. The quantitative estimate of drug-likeness (QED) is 0.632. The molecule has 0 bridgehead atoms. The van der Waals surface area contributed by atoms with Gasteiger partial charge in [0, 0.05) is 0 Å². The van der Waals surface area contributed by atoms with E-state index in [1.165, 1.54) is 11.1 Å². The summed E-state index contributed by atoms with van der Waals surface area (Å²) in [4.78, 5) is 5.46. The van der Waals surface area contributed by atoms with E-state index in [2.05, 4.69) is 25.5 Å². The molecule has 0 fully saturated rings. The van der Waals surface area contributed by atoms with Gasteiger partial charge >= 0.3 is 0 Å². The lowest BCUT2D eigenvalue weighted by molar-refractivity contribution is 0.617. The molecule has 0 aliphatic carbocycles. The molecule has 0 atom stereocenters. The minimum Gasteiger partial charge on any atom is -0.387 e. The maximum absolute atomic E-state index is 5.37. The average molecular weight is 224 g/mol. The number of rotatable bonds is 3. The normalized spacial score (nSPS) is 10.5. The van der Waals surface area contributed by atoms with Crippen molar-refractivity contribution in [3.8, 4) is 0 Å². The van der Waals surface area contributed by atoms with Gasteiger partial charge in [0.1, 0.15) is 17.9 Å². The number of hydrogen-bond acceptors (Lipinski definition) is 6. The first-order chi connectivity index (χ1) is 7.15. The van der Waals surface area contributed by atoms with Gasteiger partial charge in [-0.1, -0.05) is 12.2 Å². The van der Waals surface area contributed by atoms with Gasteiger partial charge in [-0.05, 0) is 5.21 Å². The van der Waals surface area contributed by atoms with Crippen LogP contribution in [-0.4, -0.2) is 40.0 Å². The van der Waals surface area contributed by atoms with E-state index in [0.717, 1.165) is 0 Å². The molecule has 0 aliphatic rings. The van der Waals surface area contributed by atoms with Gasteiger partial charge in [0.05, 0.1) is 7.05 Å². The summed E-state index contributed by atoms with van der Waals surface area (Å²) >= 11 is 4.74. The van der Waals surface area contributed by atoms with Crippen molar-refractivity contribution >= 4 is 17.2 Å². The van der Waals surface area contributed by atoms with Crippen molar-refractivity contribution in [2.24, 2.45) is 12.8 Å². The minimum atomic E-state index is 0.167. The van der Waals surface area contributed by atoms with Crippen molar-refractivity contribution in [3.63, 3.8) is 0 Å². The zero-order valence-electron chi connectivity index (χ0n) is 7.90. The third kappa shape index (κ3) is 2.13. The predicted octanol–water partition coefficient (Wildman–Crippen LogP) is -1.52. The molecule has 2 heterocycles. The van der Waals surface area contributed by atoms with Gasteiger partial charge in [-0.2, -0.15) is 4.80 Å². The first-order valence-electron chi connectivity index (χ1n) is 4.07. The molecule has 2 N–H and O–H groups in total. The Bertz CT molecular complexity index is 485. The summed E-state index contributed by atoms with van der Waals surface area (Å²) in [5.74, 6) is 0.894. The first-order valence-corrected chi connectivity index (χ1v) is 4.48. The second kappa shape index (κ2) is 3.69. The molecule has 0 aromatic carbocycles. The Morgan fingerprint density at radius 3 is 2.87 bits per heavy atom. The highest BCUT2D eigenvalue weighted by Gasteiger charge is 2.06. The van der Waals surface area contributed by atoms with Crippen LogP contribution in [-0.2, 0) is 13.6 Å². The maximum atomic E-state index is 5.37. The monoisotopic (exact) mass is 224 g/mol. The second-order valence-corrected chi connectivity index (χ2v) is 3.26. The van der Waals surface area contributed by atoms with E-state index in [0.29, 0.717) is 18.2 Å². The standard InChI is InChI=1S/C6H8N8S/c1-13-10-4(9-12-13)2-14-3-8-6(11-14)5(7)15/h3H,2H2,1H3,(H2,7,15). The lowest BCUT2D eigenvalue weighted by Crippen LogP contribution is -2.12. The Morgan fingerprint density at radius 2 is 2.33 bits per heavy atom. The Hall–Kier alpha value is -1.90. The zero-order valence-corrected chi connectivity index (χ0v) is 8.72. The maximum Gasteiger partial charge on any atom is 0.208 e. The summed E-state index contributed by atoms with van der Waals surface area (Å²) in [6.07, 6.45) is 1.52. The van der Waals surface area contributed by atoms with E-state index in [-0.39, 0.29) is 4.99 Å². The summed E-state index contributed by atoms with van der Waals surface area (Å²) in [6, 6.07) is 0. The molecule has 0 radical (unpaired) electrons. The third-order valence-electron chi connectivity index (χ3n) is 1.61. The van der Waals surface area contributed by atoms with Gasteiger partial charge in [0.2, 0.25) is 5.82 Å². The number of hydrogen-bond donors (Lipinski definition) is 1. The molecule has 78 valence electrons. The molecule has 15 heavy (non-hydrogen) atoms. The highest BCUT2D eigenvalue weighted by molar-refractivity contribution is 7.80. The SMILES string of the molecule is Cn1nnc(Cn2cnc(C(N)=S)n2)n1. The van der Waals surface area contributed by atoms with Crippen molar-refractivity contribution in [2.45, 2.75) is 6.54 Å². The van der Waals surface area contributed by atoms with Crippen LogP contribution in [0, 0.1) is 0 Å². The van der Waals surface area contributed by atoms with Crippen LogP contribution in [0.5, 0.6) is 0 Å².